The lowest BCUT2D eigenvalue weighted by Gasteiger charge is -2.21. The van der Waals surface area contributed by atoms with Crippen LogP contribution in [0.2, 0.25) is 0 Å². The normalized spacial score (nSPS) is 12.5. The molecule has 1 aromatic carbocycles. The lowest BCUT2D eigenvalue weighted by molar-refractivity contribution is 0.494. The van der Waals surface area contributed by atoms with E-state index in [4.69, 9.17) is 0 Å². The number of halogens is 1. The summed E-state index contributed by atoms with van der Waals surface area (Å²) in [6.07, 6.45) is 0. The van der Waals surface area contributed by atoms with Crippen LogP contribution in [0.4, 0.5) is 5.69 Å². The minimum atomic E-state index is -3.56. The van der Waals surface area contributed by atoms with Gasteiger partial charge in [-0.1, -0.05) is 12.1 Å². The van der Waals surface area contributed by atoms with Crippen LogP contribution in [0.3, 0.4) is 0 Å². The number of hydrogen-bond donors (Lipinski definition) is 2. The number of rotatable bonds is 3. The van der Waals surface area contributed by atoms with Crippen molar-refractivity contribution in [2.75, 3.05) is 4.72 Å². The van der Waals surface area contributed by atoms with Gasteiger partial charge in [0.2, 0.25) is 0 Å². The van der Waals surface area contributed by atoms with Crippen LogP contribution in [-0.2, 0) is 10.2 Å². The molecule has 0 aromatic heterocycles. The van der Waals surface area contributed by atoms with Crippen molar-refractivity contribution in [3.63, 3.8) is 0 Å². The summed E-state index contributed by atoms with van der Waals surface area (Å²) in [4.78, 5) is 0. The molecule has 0 aliphatic carbocycles. The standard InChI is InChI=1S/C11H17BrN2O2S/c1-8-6-5-7-9(10(8)12)13-17(15,16)14-11(2,3)4/h5-7,13-14H,1-4H3. The van der Waals surface area contributed by atoms with E-state index >= 15 is 0 Å². The van der Waals surface area contributed by atoms with Gasteiger partial charge in [0.1, 0.15) is 0 Å². The van der Waals surface area contributed by atoms with Crippen molar-refractivity contribution in [2.24, 2.45) is 0 Å². The summed E-state index contributed by atoms with van der Waals surface area (Å²) in [5, 5.41) is 0. The van der Waals surface area contributed by atoms with E-state index in [9.17, 15) is 8.42 Å². The Morgan fingerprint density at radius 2 is 1.82 bits per heavy atom. The Hall–Kier alpha value is -0.590. The summed E-state index contributed by atoms with van der Waals surface area (Å²) in [7, 11) is -3.56. The van der Waals surface area contributed by atoms with E-state index in [0.717, 1.165) is 10.0 Å². The lowest BCUT2D eigenvalue weighted by Crippen LogP contribution is -2.43. The minimum absolute atomic E-state index is 0.512. The molecule has 0 heterocycles. The lowest BCUT2D eigenvalue weighted by atomic mass is 10.1. The Bertz CT molecular complexity index is 507. The molecule has 0 saturated carbocycles. The fourth-order valence-corrected chi connectivity index (χ4v) is 3.11. The molecule has 0 spiro atoms. The first-order valence-electron chi connectivity index (χ1n) is 5.17. The Kier molecular flexibility index (Phi) is 4.22. The van der Waals surface area contributed by atoms with Crippen LogP contribution < -0.4 is 9.44 Å². The minimum Gasteiger partial charge on any atom is -0.270 e. The fourth-order valence-electron chi connectivity index (χ4n) is 1.30. The summed E-state index contributed by atoms with van der Waals surface area (Å²) in [5.74, 6) is 0. The maximum Gasteiger partial charge on any atom is 0.299 e. The Balaban J connectivity index is 2.95. The predicted molar refractivity (Wildman–Crippen MR) is 74.3 cm³/mol. The van der Waals surface area contributed by atoms with E-state index in [1.807, 2.05) is 13.0 Å². The van der Waals surface area contributed by atoms with E-state index in [-0.39, 0.29) is 0 Å². The summed E-state index contributed by atoms with van der Waals surface area (Å²) in [5.41, 5.74) is 0.991. The number of nitrogens with one attached hydrogen (secondary N) is 2. The molecule has 0 radical (unpaired) electrons. The molecule has 0 fully saturated rings. The van der Waals surface area contributed by atoms with Gasteiger partial charge in [-0.05, 0) is 55.3 Å². The highest BCUT2D eigenvalue weighted by molar-refractivity contribution is 9.10. The molecule has 17 heavy (non-hydrogen) atoms. The van der Waals surface area contributed by atoms with Gasteiger partial charge < -0.3 is 0 Å². The van der Waals surface area contributed by atoms with Crippen LogP contribution in [0.15, 0.2) is 22.7 Å². The number of aryl methyl sites for hydroxylation is 1. The van der Waals surface area contributed by atoms with Gasteiger partial charge in [0.25, 0.3) is 10.2 Å². The smallest absolute Gasteiger partial charge is 0.270 e. The highest BCUT2D eigenvalue weighted by Gasteiger charge is 2.20. The molecule has 4 nitrogen and oxygen atoms in total. The zero-order valence-electron chi connectivity index (χ0n) is 10.3. The van der Waals surface area contributed by atoms with Gasteiger partial charge in [0.15, 0.2) is 0 Å². The molecular formula is C11H17BrN2O2S. The zero-order chi connectivity index (χ0) is 13.3. The van der Waals surface area contributed by atoms with Crippen molar-refractivity contribution in [3.05, 3.63) is 28.2 Å². The van der Waals surface area contributed by atoms with E-state index < -0.39 is 15.7 Å². The molecule has 0 unspecified atom stereocenters. The molecule has 0 aliphatic heterocycles. The Morgan fingerprint density at radius 1 is 1.24 bits per heavy atom. The maximum absolute atomic E-state index is 11.8. The molecule has 1 rings (SSSR count). The van der Waals surface area contributed by atoms with Crippen molar-refractivity contribution in [2.45, 2.75) is 33.2 Å². The van der Waals surface area contributed by atoms with Gasteiger partial charge in [-0.2, -0.15) is 13.1 Å². The van der Waals surface area contributed by atoms with Crippen molar-refractivity contribution in [3.8, 4) is 0 Å². The molecule has 0 saturated heterocycles. The van der Waals surface area contributed by atoms with E-state index in [2.05, 4.69) is 25.4 Å². The summed E-state index contributed by atoms with van der Waals surface area (Å²) in [6.45, 7) is 7.27. The van der Waals surface area contributed by atoms with Gasteiger partial charge >= 0.3 is 0 Å². The summed E-state index contributed by atoms with van der Waals surface area (Å²) in [6, 6.07) is 5.41. The number of anilines is 1. The molecule has 0 amide bonds. The molecule has 0 atom stereocenters. The fraction of sp³-hybridized carbons (Fsp3) is 0.455. The van der Waals surface area contributed by atoms with Crippen molar-refractivity contribution in [1.82, 2.24) is 4.72 Å². The molecule has 0 bridgehead atoms. The SMILES string of the molecule is Cc1cccc(NS(=O)(=O)NC(C)(C)C)c1Br. The molecule has 6 heteroatoms. The van der Waals surface area contributed by atoms with Gasteiger partial charge in [0.05, 0.1) is 5.69 Å². The summed E-state index contributed by atoms with van der Waals surface area (Å²) >= 11 is 3.36. The number of benzene rings is 1. The molecule has 1 aromatic rings. The van der Waals surface area contributed by atoms with Crippen LogP contribution in [0, 0.1) is 6.92 Å². The van der Waals surface area contributed by atoms with Gasteiger partial charge in [-0.15, -0.1) is 0 Å². The first-order valence-corrected chi connectivity index (χ1v) is 7.45. The van der Waals surface area contributed by atoms with Gasteiger partial charge in [-0.25, -0.2) is 0 Å². The van der Waals surface area contributed by atoms with Crippen LogP contribution in [0.25, 0.3) is 0 Å². The van der Waals surface area contributed by atoms with Crippen LogP contribution >= 0.6 is 15.9 Å². The third-order valence-electron chi connectivity index (χ3n) is 1.88. The van der Waals surface area contributed by atoms with Crippen LogP contribution in [-0.4, -0.2) is 14.0 Å². The highest BCUT2D eigenvalue weighted by atomic mass is 79.9. The third-order valence-corrected chi connectivity index (χ3v) is 4.30. The van der Waals surface area contributed by atoms with E-state index in [0.29, 0.717) is 5.69 Å². The average molecular weight is 321 g/mol. The third kappa shape index (κ3) is 4.65. The second-order valence-corrected chi connectivity index (χ2v) is 7.10. The predicted octanol–water partition coefficient (Wildman–Crippen LogP) is 2.80. The van der Waals surface area contributed by atoms with E-state index in [1.54, 1.807) is 32.9 Å². The van der Waals surface area contributed by atoms with Crippen LogP contribution in [0.1, 0.15) is 26.3 Å². The quantitative estimate of drug-likeness (QED) is 0.899. The van der Waals surface area contributed by atoms with Crippen molar-refractivity contribution >= 4 is 31.8 Å². The molecule has 0 aliphatic rings. The first-order chi connectivity index (χ1) is 7.61. The van der Waals surface area contributed by atoms with Gasteiger partial charge in [-0.3, -0.25) is 4.72 Å². The van der Waals surface area contributed by atoms with E-state index in [1.165, 1.54) is 0 Å². The average Bonchev–Trinajstić information content (AvgIpc) is 2.08. The topological polar surface area (TPSA) is 58.2 Å². The van der Waals surface area contributed by atoms with Crippen LogP contribution in [0.5, 0.6) is 0 Å². The maximum atomic E-state index is 11.8. The summed E-state index contributed by atoms with van der Waals surface area (Å²) < 4.78 is 29.5. The molecular weight excluding hydrogens is 304 g/mol. The zero-order valence-corrected chi connectivity index (χ0v) is 12.7. The highest BCUT2D eigenvalue weighted by Crippen LogP contribution is 2.26. The first kappa shape index (κ1) is 14.5. The van der Waals surface area contributed by atoms with Crippen molar-refractivity contribution in [1.29, 1.82) is 0 Å². The largest absolute Gasteiger partial charge is 0.299 e. The Morgan fingerprint density at radius 3 is 2.35 bits per heavy atom. The second-order valence-electron chi connectivity index (χ2n) is 4.89. The Labute approximate surface area is 111 Å². The van der Waals surface area contributed by atoms with Crippen molar-refractivity contribution < 1.29 is 8.42 Å². The second kappa shape index (κ2) is 4.96. The molecule has 96 valence electrons. The van der Waals surface area contributed by atoms with Gasteiger partial charge in [0, 0.05) is 10.0 Å². The number of hydrogen-bond acceptors (Lipinski definition) is 2. The monoisotopic (exact) mass is 320 g/mol. The molecule has 2 N–H and O–H groups in total.